The SMILES string of the molecule is CN(C)CCC(C)(C(=O)O)c1ccc(Cl)cc1. The lowest BCUT2D eigenvalue weighted by molar-refractivity contribution is -0.143. The van der Waals surface area contributed by atoms with Gasteiger partial charge in [0.2, 0.25) is 0 Å². The number of rotatable bonds is 5. The summed E-state index contributed by atoms with van der Waals surface area (Å²) in [5.41, 5.74) is -0.0780. The minimum atomic E-state index is -0.866. The van der Waals surface area contributed by atoms with Crippen LogP contribution in [0.3, 0.4) is 0 Å². The van der Waals surface area contributed by atoms with E-state index < -0.39 is 11.4 Å². The van der Waals surface area contributed by atoms with E-state index in [1.54, 1.807) is 31.2 Å². The van der Waals surface area contributed by atoms with E-state index in [9.17, 15) is 9.90 Å². The molecule has 0 amide bonds. The highest BCUT2D eigenvalue weighted by Crippen LogP contribution is 2.29. The van der Waals surface area contributed by atoms with Gasteiger partial charge in [0.05, 0.1) is 5.41 Å². The summed E-state index contributed by atoms with van der Waals surface area (Å²) < 4.78 is 0. The largest absolute Gasteiger partial charge is 0.481 e. The van der Waals surface area contributed by atoms with Crippen molar-refractivity contribution in [1.82, 2.24) is 4.90 Å². The highest BCUT2D eigenvalue weighted by atomic mass is 35.5. The molecule has 0 aliphatic carbocycles. The van der Waals surface area contributed by atoms with Crippen LogP contribution in [0.4, 0.5) is 0 Å². The topological polar surface area (TPSA) is 40.5 Å². The van der Waals surface area contributed by atoms with Crippen molar-refractivity contribution in [2.75, 3.05) is 20.6 Å². The monoisotopic (exact) mass is 255 g/mol. The Balaban J connectivity index is 2.98. The number of benzene rings is 1. The van der Waals surface area contributed by atoms with Gasteiger partial charge in [0.1, 0.15) is 0 Å². The molecular weight excluding hydrogens is 238 g/mol. The van der Waals surface area contributed by atoms with Crippen LogP contribution < -0.4 is 0 Å². The number of carboxylic acids is 1. The van der Waals surface area contributed by atoms with E-state index >= 15 is 0 Å². The molecule has 4 heteroatoms. The first-order valence-corrected chi connectivity index (χ1v) is 5.88. The zero-order valence-electron chi connectivity index (χ0n) is 10.4. The van der Waals surface area contributed by atoms with E-state index in [0.717, 1.165) is 12.1 Å². The molecule has 0 aliphatic rings. The van der Waals surface area contributed by atoms with Crippen LogP contribution in [0.25, 0.3) is 0 Å². The van der Waals surface area contributed by atoms with Gasteiger partial charge >= 0.3 is 5.97 Å². The molecule has 0 heterocycles. The lowest BCUT2D eigenvalue weighted by Crippen LogP contribution is -2.35. The first-order valence-electron chi connectivity index (χ1n) is 5.50. The predicted octanol–water partition coefficient (Wildman–Crippen LogP) is 2.63. The second-order valence-electron chi connectivity index (χ2n) is 4.70. The van der Waals surface area contributed by atoms with Gasteiger partial charge in [0.25, 0.3) is 0 Å². The smallest absolute Gasteiger partial charge is 0.313 e. The molecule has 1 N–H and O–H groups in total. The first-order chi connectivity index (χ1) is 7.86. The summed E-state index contributed by atoms with van der Waals surface area (Å²) in [5, 5.41) is 10.0. The van der Waals surface area contributed by atoms with Gasteiger partial charge in [-0.25, -0.2) is 0 Å². The maximum atomic E-state index is 11.5. The second kappa shape index (κ2) is 5.52. The van der Waals surface area contributed by atoms with Gasteiger partial charge in [-0.1, -0.05) is 23.7 Å². The summed E-state index contributed by atoms with van der Waals surface area (Å²) in [4.78, 5) is 13.5. The van der Waals surface area contributed by atoms with Gasteiger partial charge in [-0.3, -0.25) is 4.79 Å². The van der Waals surface area contributed by atoms with Crippen molar-refractivity contribution in [2.24, 2.45) is 0 Å². The zero-order valence-corrected chi connectivity index (χ0v) is 11.2. The molecule has 17 heavy (non-hydrogen) atoms. The number of nitrogens with zero attached hydrogens (tertiary/aromatic N) is 1. The van der Waals surface area contributed by atoms with Crippen molar-refractivity contribution >= 4 is 17.6 Å². The van der Waals surface area contributed by atoms with Crippen LogP contribution in [-0.4, -0.2) is 36.6 Å². The molecule has 1 aromatic rings. The maximum Gasteiger partial charge on any atom is 0.313 e. The summed E-state index contributed by atoms with van der Waals surface area (Å²) in [6, 6.07) is 7.03. The van der Waals surface area contributed by atoms with Crippen LogP contribution in [0.5, 0.6) is 0 Å². The Labute approximate surface area is 107 Å². The molecule has 0 bridgehead atoms. The van der Waals surface area contributed by atoms with Gasteiger partial charge in [0.15, 0.2) is 0 Å². The Bertz CT molecular complexity index is 389. The number of carbonyl (C=O) groups is 1. The quantitative estimate of drug-likeness (QED) is 0.879. The molecule has 0 radical (unpaired) electrons. The summed E-state index contributed by atoms with van der Waals surface area (Å²) >= 11 is 5.81. The van der Waals surface area contributed by atoms with Crippen molar-refractivity contribution in [2.45, 2.75) is 18.8 Å². The molecule has 0 aliphatic heterocycles. The van der Waals surface area contributed by atoms with Gasteiger partial charge in [-0.2, -0.15) is 0 Å². The van der Waals surface area contributed by atoms with Gasteiger partial charge < -0.3 is 10.0 Å². The molecule has 0 aromatic heterocycles. The average Bonchev–Trinajstić information content (AvgIpc) is 2.26. The summed E-state index contributed by atoms with van der Waals surface area (Å²) in [7, 11) is 3.87. The molecule has 3 nitrogen and oxygen atoms in total. The Morgan fingerprint density at radius 1 is 1.35 bits per heavy atom. The number of hydrogen-bond donors (Lipinski definition) is 1. The van der Waals surface area contributed by atoms with Crippen LogP contribution in [-0.2, 0) is 10.2 Å². The standard InChI is InChI=1S/C13H18ClNO2/c1-13(12(16)17,8-9-15(2)3)10-4-6-11(14)7-5-10/h4-7H,8-9H2,1-3H3,(H,16,17). The van der Waals surface area contributed by atoms with E-state index in [1.165, 1.54) is 0 Å². The van der Waals surface area contributed by atoms with Crippen molar-refractivity contribution in [1.29, 1.82) is 0 Å². The molecular formula is C13H18ClNO2. The second-order valence-corrected chi connectivity index (χ2v) is 5.13. The van der Waals surface area contributed by atoms with Crippen LogP contribution in [0.1, 0.15) is 18.9 Å². The molecule has 94 valence electrons. The van der Waals surface area contributed by atoms with Crippen molar-refractivity contribution in [3.05, 3.63) is 34.9 Å². The Morgan fingerprint density at radius 2 is 1.88 bits per heavy atom. The molecule has 1 rings (SSSR count). The number of aliphatic carboxylic acids is 1. The molecule has 0 saturated heterocycles. The van der Waals surface area contributed by atoms with Crippen molar-refractivity contribution < 1.29 is 9.90 Å². The van der Waals surface area contributed by atoms with E-state index in [2.05, 4.69) is 0 Å². The van der Waals surface area contributed by atoms with E-state index in [4.69, 9.17) is 11.6 Å². The Kier molecular flexibility index (Phi) is 4.54. The minimum absolute atomic E-state index is 0.566. The highest BCUT2D eigenvalue weighted by molar-refractivity contribution is 6.30. The van der Waals surface area contributed by atoms with Crippen LogP contribution >= 0.6 is 11.6 Å². The highest BCUT2D eigenvalue weighted by Gasteiger charge is 2.34. The molecule has 0 spiro atoms. The van der Waals surface area contributed by atoms with E-state index in [1.807, 2.05) is 19.0 Å². The van der Waals surface area contributed by atoms with E-state index in [0.29, 0.717) is 11.4 Å². The van der Waals surface area contributed by atoms with Gasteiger partial charge in [-0.05, 0) is 51.7 Å². The van der Waals surface area contributed by atoms with Crippen molar-refractivity contribution in [3.63, 3.8) is 0 Å². The maximum absolute atomic E-state index is 11.5. The fourth-order valence-electron chi connectivity index (χ4n) is 1.64. The minimum Gasteiger partial charge on any atom is -0.481 e. The summed E-state index contributed by atoms with van der Waals surface area (Å²) in [5.74, 6) is -0.804. The van der Waals surface area contributed by atoms with E-state index in [-0.39, 0.29) is 0 Å². The number of halogens is 1. The first kappa shape index (κ1) is 14.0. The third-order valence-electron chi connectivity index (χ3n) is 3.01. The lowest BCUT2D eigenvalue weighted by atomic mass is 9.79. The number of hydrogen-bond acceptors (Lipinski definition) is 2. The van der Waals surface area contributed by atoms with Crippen LogP contribution in [0, 0.1) is 0 Å². The average molecular weight is 256 g/mol. The molecule has 0 fully saturated rings. The van der Waals surface area contributed by atoms with Crippen molar-refractivity contribution in [3.8, 4) is 0 Å². The van der Waals surface area contributed by atoms with Crippen LogP contribution in [0.2, 0.25) is 5.02 Å². The van der Waals surface area contributed by atoms with Gasteiger partial charge in [0, 0.05) is 5.02 Å². The third kappa shape index (κ3) is 3.45. The number of carboxylic acid groups (broad SMARTS) is 1. The normalized spacial score (nSPS) is 14.6. The molecule has 0 saturated carbocycles. The predicted molar refractivity (Wildman–Crippen MR) is 69.6 cm³/mol. The van der Waals surface area contributed by atoms with Gasteiger partial charge in [-0.15, -0.1) is 0 Å². The molecule has 1 atom stereocenters. The fraction of sp³-hybridized carbons (Fsp3) is 0.462. The Morgan fingerprint density at radius 3 is 2.29 bits per heavy atom. The molecule has 1 unspecified atom stereocenters. The third-order valence-corrected chi connectivity index (χ3v) is 3.26. The zero-order chi connectivity index (χ0) is 13.1. The molecule has 1 aromatic carbocycles. The fourth-order valence-corrected chi connectivity index (χ4v) is 1.77. The summed E-state index contributed by atoms with van der Waals surface area (Å²) in [6.07, 6.45) is 0.566. The Hall–Kier alpha value is -1.06. The summed E-state index contributed by atoms with van der Waals surface area (Å²) in [6.45, 7) is 2.48. The lowest BCUT2D eigenvalue weighted by Gasteiger charge is -2.27. The van der Waals surface area contributed by atoms with Crippen LogP contribution in [0.15, 0.2) is 24.3 Å².